The van der Waals surface area contributed by atoms with Crippen molar-refractivity contribution >= 4 is 40.1 Å². The number of pyridine rings is 1. The average molecular weight is 332 g/mol. The molecule has 2 N–H and O–H groups in total. The van der Waals surface area contributed by atoms with Crippen LogP contribution >= 0.6 is 34.2 Å². The van der Waals surface area contributed by atoms with Gasteiger partial charge in [-0.25, -0.2) is 13.8 Å². The van der Waals surface area contributed by atoms with Gasteiger partial charge in [0.1, 0.15) is 3.70 Å². The summed E-state index contributed by atoms with van der Waals surface area (Å²) >= 11 is 7.13. The molecule has 0 aliphatic heterocycles. The van der Waals surface area contributed by atoms with E-state index < -0.39 is 17.9 Å². The first kappa shape index (κ1) is 11.6. The molecule has 0 saturated carbocycles. The number of halogens is 4. The second kappa shape index (κ2) is 4.35. The lowest BCUT2D eigenvalue weighted by Gasteiger charge is -2.08. The molecule has 0 aliphatic rings. The molecule has 76 valence electrons. The third-order valence-electron chi connectivity index (χ3n) is 1.49. The highest BCUT2D eigenvalue weighted by atomic mass is 127. The molecule has 0 unspecified atom stereocenters. The molecule has 0 bridgehead atoms. The molecule has 3 nitrogen and oxygen atoms in total. The number of nitrogens with zero attached hydrogens (tertiary/aromatic N) is 1. The van der Waals surface area contributed by atoms with Crippen LogP contribution in [-0.4, -0.2) is 10.9 Å². The summed E-state index contributed by atoms with van der Waals surface area (Å²) in [5.74, 6) is -0.981. The summed E-state index contributed by atoms with van der Waals surface area (Å²) in [4.78, 5) is 14.5. The van der Waals surface area contributed by atoms with Gasteiger partial charge in [0.25, 0.3) is 12.3 Å². The van der Waals surface area contributed by atoms with Crippen LogP contribution in [0, 0.1) is 3.70 Å². The van der Waals surface area contributed by atoms with Gasteiger partial charge in [-0.1, -0.05) is 11.6 Å². The second-order valence-electron chi connectivity index (χ2n) is 2.35. The summed E-state index contributed by atoms with van der Waals surface area (Å²) in [7, 11) is 0. The Morgan fingerprint density at radius 2 is 2.21 bits per heavy atom. The van der Waals surface area contributed by atoms with E-state index in [-0.39, 0.29) is 14.3 Å². The van der Waals surface area contributed by atoms with Crippen LogP contribution in [0.4, 0.5) is 8.78 Å². The van der Waals surface area contributed by atoms with Crippen molar-refractivity contribution in [1.29, 1.82) is 0 Å². The summed E-state index contributed by atoms with van der Waals surface area (Å²) in [5.41, 5.74) is 4.07. The number of amides is 1. The number of hydrogen-bond donors (Lipinski definition) is 1. The normalized spacial score (nSPS) is 10.6. The Bertz CT molecular complexity index is 386. The van der Waals surface area contributed by atoms with E-state index in [0.29, 0.717) is 0 Å². The van der Waals surface area contributed by atoms with Crippen molar-refractivity contribution in [3.63, 3.8) is 0 Å². The van der Waals surface area contributed by atoms with E-state index in [1.54, 1.807) is 22.6 Å². The van der Waals surface area contributed by atoms with Crippen molar-refractivity contribution in [3.8, 4) is 0 Å². The minimum absolute atomic E-state index is 0.0239. The van der Waals surface area contributed by atoms with E-state index in [4.69, 9.17) is 17.3 Å². The minimum atomic E-state index is -2.82. The lowest BCUT2D eigenvalue weighted by molar-refractivity contribution is 0.0985. The van der Waals surface area contributed by atoms with Gasteiger partial charge in [0.05, 0.1) is 16.1 Å². The van der Waals surface area contributed by atoms with Gasteiger partial charge in [-0.05, 0) is 22.6 Å². The maximum Gasteiger partial charge on any atom is 0.267 e. The second-order valence-corrected chi connectivity index (χ2v) is 3.78. The number of hydrogen-bond acceptors (Lipinski definition) is 2. The Morgan fingerprint density at radius 3 is 2.57 bits per heavy atom. The van der Waals surface area contributed by atoms with Crippen LogP contribution in [0.5, 0.6) is 0 Å². The Balaban J connectivity index is 3.50. The molecular weight excluding hydrogens is 328 g/mol. The molecule has 0 aromatic carbocycles. The molecule has 0 aliphatic carbocycles. The van der Waals surface area contributed by atoms with Gasteiger partial charge < -0.3 is 5.73 Å². The van der Waals surface area contributed by atoms with Crippen LogP contribution in [-0.2, 0) is 0 Å². The van der Waals surface area contributed by atoms with Gasteiger partial charge >= 0.3 is 0 Å². The number of alkyl halides is 2. The van der Waals surface area contributed by atoms with Crippen LogP contribution in [0.25, 0.3) is 0 Å². The standard InChI is InChI=1S/C7H4ClF2IN2O/c8-2-1-13-6(11)4(5(9)10)3(2)7(12)14/h1,5H,(H2,12,14). The van der Waals surface area contributed by atoms with Crippen molar-refractivity contribution < 1.29 is 13.6 Å². The lowest BCUT2D eigenvalue weighted by Crippen LogP contribution is -2.16. The smallest absolute Gasteiger partial charge is 0.267 e. The zero-order chi connectivity index (χ0) is 10.9. The predicted molar refractivity (Wildman–Crippen MR) is 55.4 cm³/mol. The van der Waals surface area contributed by atoms with E-state index in [2.05, 4.69) is 4.98 Å². The van der Waals surface area contributed by atoms with E-state index in [0.717, 1.165) is 6.20 Å². The van der Waals surface area contributed by atoms with Gasteiger partial charge in [0.15, 0.2) is 0 Å². The maximum absolute atomic E-state index is 12.5. The monoisotopic (exact) mass is 332 g/mol. The number of rotatable bonds is 2. The molecule has 1 aromatic rings. The topological polar surface area (TPSA) is 56.0 Å². The fourth-order valence-electron chi connectivity index (χ4n) is 0.929. The SMILES string of the molecule is NC(=O)c1c(Cl)cnc(I)c1C(F)F. The first-order valence-electron chi connectivity index (χ1n) is 3.37. The quantitative estimate of drug-likeness (QED) is 0.668. The van der Waals surface area contributed by atoms with Crippen LogP contribution in [0.1, 0.15) is 22.3 Å². The summed E-state index contributed by atoms with van der Waals surface area (Å²) < 4.78 is 25.1. The molecule has 0 atom stereocenters. The van der Waals surface area contributed by atoms with Gasteiger partial charge in [-0.3, -0.25) is 4.79 Å². The summed E-state index contributed by atoms with van der Waals surface area (Å²) in [6.45, 7) is 0. The number of aromatic nitrogens is 1. The van der Waals surface area contributed by atoms with Gasteiger partial charge in [0.2, 0.25) is 0 Å². The fourth-order valence-corrected chi connectivity index (χ4v) is 1.82. The fraction of sp³-hybridized carbons (Fsp3) is 0.143. The Morgan fingerprint density at radius 1 is 1.64 bits per heavy atom. The molecule has 1 amide bonds. The largest absolute Gasteiger partial charge is 0.366 e. The first-order valence-corrected chi connectivity index (χ1v) is 4.82. The minimum Gasteiger partial charge on any atom is -0.366 e. The predicted octanol–water partition coefficient (Wildman–Crippen LogP) is 2.38. The highest BCUT2D eigenvalue weighted by Crippen LogP contribution is 2.30. The first-order chi connectivity index (χ1) is 6.45. The molecule has 14 heavy (non-hydrogen) atoms. The summed E-state index contributed by atoms with van der Waals surface area (Å²) in [6, 6.07) is 0. The highest BCUT2D eigenvalue weighted by molar-refractivity contribution is 14.1. The molecular formula is C7H4ClF2IN2O. The Hall–Kier alpha value is -0.500. The third kappa shape index (κ3) is 2.11. The van der Waals surface area contributed by atoms with Crippen molar-refractivity contribution in [2.45, 2.75) is 6.43 Å². The lowest BCUT2D eigenvalue weighted by atomic mass is 10.1. The van der Waals surface area contributed by atoms with Crippen LogP contribution in [0.2, 0.25) is 5.02 Å². The number of primary amides is 1. The van der Waals surface area contributed by atoms with Gasteiger partial charge in [-0.15, -0.1) is 0 Å². The van der Waals surface area contributed by atoms with Crippen LogP contribution in [0.15, 0.2) is 6.20 Å². The molecule has 0 radical (unpaired) electrons. The Labute approximate surface area is 96.8 Å². The molecule has 0 saturated heterocycles. The maximum atomic E-state index is 12.5. The molecule has 0 spiro atoms. The number of carbonyl (C=O) groups excluding carboxylic acids is 1. The van der Waals surface area contributed by atoms with E-state index in [1.165, 1.54) is 0 Å². The van der Waals surface area contributed by atoms with Crippen molar-refractivity contribution in [1.82, 2.24) is 4.98 Å². The van der Waals surface area contributed by atoms with Gasteiger partial charge in [0, 0.05) is 6.20 Å². The Kier molecular flexibility index (Phi) is 3.59. The molecule has 1 heterocycles. The average Bonchev–Trinajstić information content (AvgIpc) is 2.07. The highest BCUT2D eigenvalue weighted by Gasteiger charge is 2.23. The summed E-state index contributed by atoms with van der Waals surface area (Å²) in [6.07, 6.45) is -1.70. The van der Waals surface area contributed by atoms with E-state index in [1.807, 2.05) is 0 Å². The van der Waals surface area contributed by atoms with E-state index >= 15 is 0 Å². The third-order valence-corrected chi connectivity index (χ3v) is 2.63. The van der Waals surface area contributed by atoms with Crippen molar-refractivity contribution in [3.05, 3.63) is 26.0 Å². The molecule has 1 rings (SSSR count). The van der Waals surface area contributed by atoms with Gasteiger partial charge in [-0.2, -0.15) is 0 Å². The molecule has 1 aromatic heterocycles. The zero-order valence-electron chi connectivity index (χ0n) is 6.60. The van der Waals surface area contributed by atoms with Crippen LogP contribution < -0.4 is 5.73 Å². The number of nitrogens with two attached hydrogens (primary N) is 1. The van der Waals surface area contributed by atoms with E-state index in [9.17, 15) is 13.6 Å². The van der Waals surface area contributed by atoms with Crippen LogP contribution in [0.3, 0.4) is 0 Å². The van der Waals surface area contributed by atoms with Crippen molar-refractivity contribution in [2.75, 3.05) is 0 Å². The van der Waals surface area contributed by atoms with Crippen molar-refractivity contribution in [2.24, 2.45) is 5.73 Å². The number of carbonyl (C=O) groups is 1. The zero-order valence-corrected chi connectivity index (χ0v) is 9.51. The molecule has 0 fully saturated rings. The summed E-state index contributed by atoms with van der Waals surface area (Å²) in [5, 5.41) is -0.159. The molecule has 7 heteroatoms.